The topological polar surface area (TPSA) is 76.0 Å². The zero-order valence-corrected chi connectivity index (χ0v) is 12.6. The number of amides is 2. The second-order valence-corrected chi connectivity index (χ2v) is 5.02. The number of imidazole rings is 1. The molecule has 0 aliphatic rings. The van der Waals surface area contributed by atoms with Gasteiger partial charge < -0.3 is 15.2 Å². The number of carbonyl (C=O) groups is 2. The molecule has 0 aliphatic carbocycles. The number of hydrogen-bond donors (Lipinski definition) is 2. The Labute approximate surface area is 129 Å². The molecule has 6 nitrogen and oxygen atoms in total. The van der Waals surface area contributed by atoms with E-state index in [1.807, 2.05) is 10.8 Å². The van der Waals surface area contributed by atoms with Crippen LogP contribution in [0.3, 0.4) is 0 Å². The molecule has 0 spiro atoms. The molecule has 1 aromatic carbocycles. The van der Waals surface area contributed by atoms with Crippen molar-refractivity contribution in [1.82, 2.24) is 14.9 Å². The SMILES string of the molecule is CC(=O)Nc1ccc(C(=O)NCCCCn2ccnc2)cc1. The third-order valence-corrected chi connectivity index (χ3v) is 3.16. The number of aryl methyl sites for hydroxylation is 1. The van der Waals surface area contributed by atoms with Crippen LogP contribution < -0.4 is 10.6 Å². The lowest BCUT2D eigenvalue weighted by molar-refractivity contribution is -0.114. The van der Waals surface area contributed by atoms with Crippen LogP contribution >= 0.6 is 0 Å². The van der Waals surface area contributed by atoms with E-state index >= 15 is 0 Å². The number of nitrogens with zero attached hydrogens (tertiary/aromatic N) is 2. The van der Waals surface area contributed by atoms with Gasteiger partial charge in [0.05, 0.1) is 6.33 Å². The molecule has 1 heterocycles. The molecule has 0 atom stereocenters. The van der Waals surface area contributed by atoms with Crippen molar-refractivity contribution in [2.24, 2.45) is 0 Å². The van der Waals surface area contributed by atoms with E-state index in [9.17, 15) is 9.59 Å². The van der Waals surface area contributed by atoms with E-state index in [0.717, 1.165) is 19.4 Å². The molecule has 2 rings (SSSR count). The number of nitrogens with one attached hydrogen (secondary N) is 2. The van der Waals surface area contributed by atoms with Crippen LogP contribution in [-0.2, 0) is 11.3 Å². The molecule has 2 N–H and O–H groups in total. The average Bonchev–Trinajstić information content (AvgIpc) is 3.00. The van der Waals surface area contributed by atoms with Crippen LogP contribution in [-0.4, -0.2) is 27.9 Å². The number of carbonyl (C=O) groups excluding carboxylic acids is 2. The molecular formula is C16H20N4O2. The third-order valence-electron chi connectivity index (χ3n) is 3.16. The van der Waals surface area contributed by atoms with Crippen molar-refractivity contribution >= 4 is 17.5 Å². The van der Waals surface area contributed by atoms with E-state index in [1.54, 1.807) is 36.8 Å². The largest absolute Gasteiger partial charge is 0.352 e. The van der Waals surface area contributed by atoms with Crippen molar-refractivity contribution in [1.29, 1.82) is 0 Å². The lowest BCUT2D eigenvalue weighted by Gasteiger charge is -2.07. The van der Waals surface area contributed by atoms with E-state index in [4.69, 9.17) is 0 Å². The Bertz CT molecular complexity index is 606. The highest BCUT2D eigenvalue weighted by molar-refractivity contribution is 5.95. The summed E-state index contributed by atoms with van der Waals surface area (Å²) in [5, 5.41) is 5.55. The summed E-state index contributed by atoms with van der Waals surface area (Å²) in [6.07, 6.45) is 7.36. The number of unbranched alkanes of at least 4 members (excludes halogenated alkanes) is 1. The maximum Gasteiger partial charge on any atom is 0.251 e. The molecule has 1 aromatic heterocycles. The average molecular weight is 300 g/mol. The Morgan fingerprint density at radius 1 is 1.18 bits per heavy atom. The molecule has 2 aromatic rings. The summed E-state index contributed by atoms with van der Waals surface area (Å²) in [4.78, 5) is 26.9. The molecule has 22 heavy (non-hydrogen) atoms. The first-order valence-electron chi connectivity index (χ1n) is 7.27. The number of anilines is 1. The van der Waals surface area contributed by atoms with E-state index in [0.29, 0.717) is 17.8 Å². The molecule has 0 aliphatic heterocycles. The normalized spacial score (nSPS) is 10.2. The summed E-state index contributed by atoms with van der Waals surface area (Å²) in [6.45, 7) is 2.99. The van der Waals surface area contributed by atoms with Crippen LogP contribution in [0.4, 0.5) is 5.69 Å². The van der Waals surface area contributed by atoms with Crippen molar-refractivity contribution in [3.8, 4) is 0 Å². The summed E-state index contributed by atoms with van der Waals surface area (Å²) < 4.78 is 2.02. The smallest absolute Gasteiger partial charge is 0.251 e. The van der Waals surface area contributed by atoms with Crippen molar-refractivity contribution in [3.05, 3.63) is 48.5 Å². The van der Waals surface area contributed by atoms with Crippen LogP contribution in [0, 0.1) is 0 Å². The van der Waals surface area contributed by atoms with Gasteiger partial charge in [0.1, 0.15) is 0 Å². The third kappa shape index (κ3) is 5.05. The van der Waals surface area contributed by atoms with Gasteiger partial charge in [-0.3, -0.25) is 9.59 Å². The second-order valence-electron chi connectivity index (χ2n) is 5.02. The van der Waals surface area contributed by atoms with Crippen molar-refractivity contribution in [2.75, 3.05) is 11.9 Å². The summed E-state index contributed by atoms with van der Waals surface area (Å²) in [6, 6.07) is 6.84. The number of aromatic nitrogens is 2. The van der Waals surface area contributed by atoms with Gasteiger partial charge >= 0.3 is 0 Å². The molecule has 0 saturated heterocycles. The maximum absolute atomic E-state index is 12.0. The van der Waals surface area contributed by atoms with Crippen LogP contribution in [0.15, 0.2) is 43.0 Å². The van der Waals surface area contributed by atoms with Gasteiger partial charge in [0.25, 0.3) is 5.91 Å². The lowest BCUT2D eigenvalue weighted by Crippen LogP contribution is -2.24. The fourth-order valence-electron chi connectivity index (χ4n) is 2.05. The molecular weight excluding hydrogens is 280 g/mol. The minimum absolute atomic E-state index is 0.1000. The molecule has 6 heteroatoms. The number of hydrogen-bond acceptors (Lipinski definition) is 3. The van der Waals surface area contributed by atoms with Crippen LogP contribution in [0.25, 0.3) is 0 Å². The van der Waals surface area contributed by atoms with Gasteiger partial charge in [-0.1, -0.05) is 0 Å². The van der Waals surface area contributed by atoms with Crippen LogP contribution in [0.5, 0.6) is 0 Å². The van der Waals surface area contributed by atoms with Crippen molar-refractivity contribution < 1.29 is 9.59 Å². The summed E-state index contributed by atoms with van der Waals surface area (Å²) in [5.74, 6) is -0.230. The number of rotatable bonds is 7. The summed E-state index contributed by atoms with van der Waals surface area (Å²) >= 11 is 0. The first kappa shape index (κ1) is 15.8. The highest BCUT2D eigenvalue weighted by Crippen LogP contribution is 2.09. The fraction of sp³-hybridized carbons (Fsp3) is 0.312. The Morgan fingerprint density at radius 3 is 2.59 bits per heavy atom. The highest BCUT2D eigenvalue weighted by atomic mass is 16.2. The van der Waals surface area contributed by atoms with Gasteiger partial charge in [-0.05, 0) is 37.1 Å². The zero-order valence-electron chi connectivity index (χ0n) is 12.6. The minimum Gasteiger partial charge on any atom is -0.352 e. The first-order valence-corrected chi connectivity index (χ1v) is 7.27. The maximum atomic E-state index is 12.0. The van der Waals surface area contributed by atoms with Gasteiger partial charge in [0.2, 0.25) is 5.91 Å². The van der Waals surface area contributed by atoms with E-state index in [-0.39, 0.29) is 11.8 Å². The predicted molar refractivity (Wildman–Crippen MR) is 84.5 cm³/mol. The lowest BCUT2D eigenvalue weighted by atomic mass is 10.2. The Hall–Kier alpha value is -2.63. The minimum atomic E-state index is -0.130. The Balaban J connectivity index is 1.69. The standard InChI is InChI=1S/C16H20N4O2/c1-13(21)19-15-6-4-14(5-7-15)16(22)18-8-2-3-10-20-11-9-17-12-20/h4-7,9,11-12H,2-3,8,10H2,1H3,(H,18,22)(H,19,21). The first-order chi connectivity index (χ1) is 10.6. The summed E-state index contributed by atoms with van der Waals surface area (Å²) in [7, 11) is 0. The quantitative estimate of drug-likeness (QED) is 0.768. The van der Waals surface area contributed by atoms with Crippen LogP contribution in [0.1, 0.15) is 30.1 Å². The Kier molecular flexibility index (Phi) is 5.71. The van der Waals surface area contributed by atoms with Gasteiger partial charge in [-0.15, -0.1) is 0 Å². The highest BCUT2D eigenvalue weighted by Gasteiger charge is 2.05. The van der Waals surface area contributed by atoms with E-state index in [1.165, 1.54) is 6.92 Å². The van der Waals surface area contributed by atoms with Gasteiger partial charge in [-0.2, -0.15) is 0 Å². The molecule has 0 fully saturated rings. The van der Waals surface area contributed by atoms with Crippen molar-refractivity contribution in [3.63, 3.8) is 0 Å². The molecule has 0 saturated carbocycles. The number of benzene rings is 1. The van der Waals surface area contributed by atoms with Gasteiger partial charge in [0, 0.05) is 43.7 Å². The fourth-order valence-corrected chi connectivity index (χ4v) is 2.05. The van der Waals surface area contributed by atoms with Gasteiger partial charge in [-0.25, -0.2) is 4.98 Å². The van der Waals surface area contributed by atoms with Crippen molar-refractivity contribution in [2.45, 2.75) is 26.3 Å². The molecule has 0 unspecified atom stereocenters. The van der Waals surface area contributed by atoms with Crippen LogP contribution in [0.2, 0.25) is 0 Å². The van der Waals surface area contributed by atoms with E-state index < -0.39 is 0 Å². The predicted octanol–water partition coefficient (Wildman–Crippen LogP) is 2.05. The van der Waals surface area contributed by atoms with Gasteiger partial charge in [0.15, 0.2) is 0 Å². The Morgan fingerprint density at radius 2 is 1.95 bits per heavy atom. The molecule has 0 bridgehead atoms. The zero-order chi connectivity index (χ0) is 15.8. The monoisotopic (exact) mass is 300 g/mol. The molecule has 116 valence electrons. The second kappa shape index (κ2) is 7.97. The molecule has 2 amide bonds. The molecule has 0 radical (unpaired) electrons. The van der Waals surface area contributed by atoms with E-state index in [2.05, 4.69) is 15.6 Å². The summed E-state index contributed by atoms with van der Waals surface area (Å²) in [5.41, 5.74) is 1.27.